The number of carbonyl (C=O) groups is 1. The van der Waals surface area contributed by atoms with Crippen molar-refractivity contribution >= 4 is 37.8 Å². The van der Waals surface area contributed by atoms with Crippen LogP contribution in [0.15, 0.2) is 27.1 Å². The van der Waals surface area contributed by atoms with Gasteiger partial charge in [-0.1, -0.05) is 15.9 Å². The Morgan fingerprint density at radius 1 is 1.38 bits per heavy atom. The molecule has 7 heteroatoms. The Bertz CT molecular complexity index is 544. The van der Waals surface area contributed by atoms with Crippen molar-refractivity contribution in [1.29, 1.82) is 0 Å². The lowest BCUT2D eigenvalue weighted by Gasteiger charge is -2.30. The molecule has 1 aliphatic carbocycles. The van der Waals surface area contributed by atoms with E-state index in [4.69, 9.17) is 0 Å². The summed E-state index contributed by atoms with van der Waals surface area (Å²) in [6.45, 7) is 0.468. The predicted octanol–water partition coefficient (Wildman–Crippen LogP) is 5.01. The number of hydrogen-bond donors (Lipinski definition) is 0. The summed E-state index contributed by atoms with van der Waals surface area (Å²) in [6, 6.07) is 4.49. The number of halogens is 5. The van der Waals surface area contributed by atoms with Crippen molar-refractivity contribution in [2.75, 3.05) is 6.54 Å². The quantitative estimate of drug-likeness (QED) is 0.659. The standard InChI is InChI=1S/C14H14Br2F3NO/c1-8(9-2-3-9)20(7-14(17,18)19)13(21)11-6-10(15)4-5-12(11)16/h4-6,8-9H,2-3,7H2,1H3. The number of rotatable bonds is 4. The van der Waals surface area contributed by atoms with E-state index in [0.29, 0.717) is 8.95 Å². The average Bonchev–Trinajstić information content (AvgIpc) is 3.20. The predicted molar refractivity (Wildman–Crippen MR) is 81.1 cm³/mol. The molecular formula is C14H14Br2F3NO. The van der Waals surface area contributed by atoms with Gasteiger partial charge in [0.1, 0.15) is 6.54 Å². The number of carbonyl (C=O) groups excluding carboxylic acids is 1. The molecule has 0 bridgehead atoms. The number of benzene rings is 1. The number of hydrogen-bond acceptors (Lipinski definition) is 1. The van der Waals surface area contributed by atoms with Gasteiger partial charge in [0.2, 0.25) is 0 Å². The normalized spacial score (nSPS) is 16.7. The number of nitrogens with zero attached hydrogens (tertiary/aromatic N) is 1. The van der Waals surface area contributed by atoms with Gasteiger partial charge in [0.05, 0.1) is 5.56 Å². The first kappa shape index (κ1) is 16.8. The van der Waals surface area contributed by atoms with E-state index in [1.165, 1.54) is 6.07 Å². The molecule has 1 atom stereocenters. The summed E-state index contributed by atoms with van der Waals surface area (Å²) >= 11 is 6.47. The molecule has 1 unspecified atom stereocenters. The summed E-state index contributed by atoms with van der Waals surface area (Å²) in [5, 5.41) is 0. The van der Waals surface area contributed by atoms with Gasteiger partial charge in [-0.25, -0.2) is 0 Å². The van der Waals surface area contributed by atoms with Crippen LogP contribution in [0.25, 0.3) is 0 Å². The second kappa shape index (κ2) is 6.28. The Labute approximate surface area is 137 Å². The molecule has 0 spiro atoms. The van der Waals surface area contributed by atoms with Gasteiger partial charge >= 0.3 is 6.18 Å². The van der Waals surface area contributed by atoms with E-state index in [2.05, 4.69) is 31.9 Å². The van der Waals surface area contributed by atoms with Gasteiger partial charge in [-0.15, -0.1) is 0 Å². The lowest BCUT2D eigenvalue weighted by molar-refractivity contribution is -0.144. The molecular weight excluding hydrogens is 415 g/mol. The van der Waals surface area contributed by atoms with Crippen molar-refractivity contribution in [3.8, 4) is 0 Å². The van der Waals surface area contributed by atoms with E-state index < -0.39 is 24.7 Å². The molecule has 0 radical (unpaired) electrons. The van der Waals surface area contributed by atoms with Crippen molar-refractivity contribution in [3.63, 3.8) is 0 Å². The fourth-order valence-electron chi connectivity index (χ4n) is 2.24. The maximum absolute atomic E-state index is 12.8. The maximum Gasteiger partial charge on any atom is 0.406 e. The molecule has 1 aromatic carbocycles. The van der Waals surface area contributed by atoms with Crippen LogP contribution in [0.3, 0.4) is 0 Å². The Morgan fingerprint density at radius 3 is 2.52 bits per heavy atom. The van der Waals surface area contributed by atoms with Gasteiger partial charge in [0, 0.05) is 15.0 Å². The van der Waals surface area contributed by atoms with E-state index in [9.17, 15) is 18.0 Å². The molecule has 116 valence electrons. The van der Waals surface area contributed by atoms with E-state index in [1.54, 1.807) is 19.1 Å². The van der Waals surface area contributed by atoms with Crippen molar-refractivity contribution in [2.24, 2.45) is 5.92 Å². The van der Waals surface area contributed by atoms with E-state index in [0.717, 1.165) is 17.7 Å². The van der Waals surface area contributed by atoms with Gasteiger partial charge < -0.3 is 4.90 Å². The first-order valence-corrected chi connectivity index (χ1v) is 8.10. The summed E-state index contributed by atoms with van der Waals surface area (Å²) in [5.41, 5.74) is 0.237. The van der Waals surface area contributed by atoms with E-state index in [-0.39, 0.29) is 11.5 Å². The minimum atomic E-state index is -4.41. The highest BCUT2D eigenvalue weighted by Gasteiger charge is 2.41. The van der Waals surface area contributed by atoms with Crippen LogP contribution in [0, 0.1) is 5.92 Å². The lowest BCUT2D eigenvalue weighted by atomic mass is 10.1. The van der Waals surface area contributed by atoms with E-state index in [1.807, 2.05) is 0 Å². The van der Waals surface area contributed by atoms with Gasteiger partial charge in [-0.3, -0.25) is 4.79 Å². The van der Waals surface area contributed by atoms with Crippen LogP contribution in [0.5, 0.6) is 0 Å². The second-order valence-electron chi connectivity index (χ2n) is 5.25. The van der Waals surface area contributed by atoms with Crippen LogP contribution in [-0.4, -0.2) is 29.6 Å². The maximum atomic E-state index is 12.8. The zero-order valence-corrected chi connectivity index (χ0v) is 14.4. The Balaban J connectivity index is 2.30. The average molecular weight is 429 g/mol. The highest BCUT2D eigenvalue weighted by Crippen LogP contribution is 2.37. The number of amides is 1. The molecule has 1 amide bonds. The molecule has 1 aromatic rings. The van der Waals surface area contributed by atoms with Gasteiger partial charge in [-0.05, 0) is 59.8 Å². The highest BCUT2D eigenvalue weighted by molar-refractivity contribution is 9.11. The van der Waals surface area contributed by atoms with E-state index >= 15 is 0 Å². The molecule has 2 nitrogen and oxygen atoms in total. The van der Waals surface area contributed by atoms with Crippen LogP contribution >= 0.6 is 31.9 Å². The third-order valence-corrected chi connectivity index (χ3v) is 4.75. The largest absolute Gasteiger partial charge is 0.406 e. The fraction of sp³-hybridized carbons (Fsp3) is 0.500. The van der Waals surface area contributed by atoms with Crippen LogP contribution in [0.1, 0.15) is 30.1 Å². The molecule has 2 rings (SSSR count). The topological polar surface area (TPSA) is 20.3 Å². The second-order valence-corrected chi connectivity index (χ2v) is 7.02. The molecule has 21 heavy (non-hydrogen) atoms. The third-order valence-electron chi connectivity index (χ3n) is 3.57. The minimum Gasteiger partial charge on any atom is -0.327 e. The summed E-state index contributed by atoms with van der Waals surface area (Å²) in [5.74, 6) is -0.429. The summed E-state index contributed by atoms with van der Waals surface area (Å²) in [4.78, 5) is 13.5. The monoisotopic (exact) mass is 427 g/mol. The molecule has 0 N–H and O–H groups in total. The zero-order chi connectivity index (χ0) is 15.8. The van der Waals surface area contributed by atoms with Gasteiger partial charge in [0.15, 0.2) is 0 Å². The first-order valence-electron chi connectivity index (χ1n) is 6.52. The van der Waals surface area contributed by atoms with Crippen LogP contribution in [-0.2, 0) is 0 Å². The highest BCUT2D eigenvalue weighted by atomic mass is 79.9. The molecule has 0 aromatic heterocycles. The zero-order valence-electron chi connectivity index (χ0n) is 11.3. The summed E-state index contributed by atoms with van der Waals surface area (Å²) in [7, 11) is 0. The molecule has 0 saturated heterocycles. The first-order chi connectivity index (χ1) is 9.69. The lowest BCUT2D eigenvalue weighted by Crippen LogP contribution is -2.45. The minimum absolute atomic E-state index is 0.169. The van der Waals surface area contributed by atoms with Crippen LogP contribution in [0.4, 0.5) is 13.2 Å². The Kier molecular flexibility index (Phi) is 5.03. The van der Waals surface area contributed by atoms with Crippen LogP contribution < -0.4 is 0 Å². The fourth-order valence-corrected chi connectivity index (χ4v) is 3.02. The summed E-state index contributed by atoms with van der Waals surface area (Å²) in [6.07, 6.45) is -2.65. The van der Waals surface area contributed by atoms with Crippen molar-refractivity contribution in [2.45, 2.75) is 32.0 Å². The molecule has 0 heterocycles. The van der Waals surface area contributed by atoms with Crippen LogP contribution in [0.2, 0.25) is 0 Å². The van der Waals surface area contributed by atoms with Crippen molar-refractivity contribution < 1.29 is 18.0 Å². The molecule has 1 fully saturated rings. The molecule has 1 aliphatic rings. The molecule has 1 saturated carbocycles. The van der Waals surface area contributed by atoms with Crippen molar-refractivity contribution in [1.82, 2.24) is 4.90 Å². The Hall–Kier alpha value is -0.560. The SMILES string of the molecule is CC(C1CC1)N(CC(F)(F)F)C(=O)c1cc(Br)ccc1Br. The van der Waals surface area contributed by atoms with Crippen molar-refractivity contribution in [3.05, 3.63) is 32.7 Å². The van der Waals surface area contributed by atoms with Gasteiger partial charge in [-0.2, -0.15) is 13.2 Å². The number of alkyl halides is 3. The summed E-state index contributed by atoms with van der Waals surface area (Å²) < 4.78 is 39.5. The van der Waals surface area contributed by atoms with Gasteiger partial charge in [0.25, 0.3) is 5.91 Å². The Morgan fingerprint density at radius 2 is 2.00 bits per heavy atom. The molecule has 0 aliphatic heterocycles. The third kappa shape index (κ3) is 4.45. The smallest absolute Gasteiger partial charge is 0.327 e.